The molecule has 0 aliphatic carbocycles. The zero-order chi connectivity index (χ0) is 10.0. The molecule has 1 aromatic rings. The maximum atomic E-state index is 11.0. The summed E-state index contributed by atoms with van der Waals surface area (Å²) in [7, 11) is 0. The van der Waals surface area contributed by atoms with E-state index in [4.69, 9.17) is 29.8 Å². The van der Waals surface area contributed by atoms with Crippen molar-refractivity contribution in [2.24, 2.45) is 0 Å². The summed E-state index contributed by atoms with van der Waals surface area (Å²) >= 11 is 14.6. The van der Waals surface area contributed by atoms with Crippen LogP contribution in [0.4, 0.5) is 0 Å². The smallest absolute Gasteiger partial charge is 0.310 e. The lowest BCUT2D eigenvalue weighted by Gasteiger charge is -2.02. The van der Waals surface area contributed by atoms with Crippen LogP contribution in [-0.4, -0.2) is 5.91 Å². The lowest BCUT2D eigenvalue weighted by molar-refractivity contribution is 0.104. The number of halogens is 3. The summed E-state index contributed by atoms with van der Waals surface area (Å²) in [6.45, 7) is 6.53. The summed E-state index contributed by atoms with van der Waals surface area (Å²) < 4.78 is 0.598. The molecule has 0 aromatic heterocycles. The Kier molecular flexibility index (Phi) is 3.32. The van der Waals surface area contributed by atoms with Gasteiger partial charge in [0.2, 0.25) is 0 Å². The predicted molar refractivity (Wildman–Crippen MR) is 55.1 cm³/mol. The zero-order valence-electron chi connectivity index (χ0n) is 6.14. The Morgan fingerprint density at radius 3 is 2.54 bits per heavy atom. The molecule has 0 N–H and O–H groups in total. The monoisotopic (exact) mass is 277 g/mol. The lowest BCUT2D eigenvalue weighted by Crippen LogP contribution is -1.93. The number of benzene rings is 1. The van der Waals surface area contributed by atoms with Gasteiger partial charge in [0.15, 0.2) is 0 Å². The molecule has 0 saturated heterocycles. The van der Waals surface area contributed by atoms with Gasteiger partial charge in [0.05, 0.1) is 16.6 Å². The maximum absolute atomic E-state index is 11.0. The van der Waals surface area contributed by atoms with Gasteiger partial charge >= 0.3 is 5.91 Å². The second kappa shape index (κ2) is 4.10. The lowest BCUT2D eigenvalue weighted by atomic mass is 10.2. The molecule has 66 valence electrons. The Balaban J connectivity index is 3.36. The van der Waals surface area contributed by atoms with Crippen molar-refractivity contribution in [1.29, 1.82) is 0 Å². The standard InChI is InChI=1S/C8H2BrCl2NO/c1-12-8(13)4-2-3-5(9)7(11)6(4)10/h2-3H. The molecule has 0 fully saturated rings. The molecule has 5 heteroatoms. The molecule has 0 aliphatic rings. The summed E-state index contributed by atoms with van der Waals surface area (Å²) in [5, 5.41) is 0.355. The van der Waals surface area contributed by atoms with Crippen molar-refractivity contribution in [2.75, 3.05) is 0 Å². The normalized spacial score (nSPS) is 9.38. The van der Waals surface area contributed by atoms with E-state index in [0.29, 0.717) is 4.47 Å². The molecule has 1 aromatic carbocycles. The Labute approximate surface area is 93.4 Å². The van der Waals surface area contributed by atoms with Gasteiger partial charge in [0, 0.05) is 10.0 Å². The summed E-state index contributed by atoms with van der Waals surface area (Å²) in [5.41, 5.74) is 0.130. The first kappa shape index (κ1) is 10.5. The fourth-order valence-electron chi connectivity index (χ4n) is 0.751. The molecule has 1 rings (SSSR count). The molecule has 0 radical (unpaired) electrons. The summed E-state index contributed by atoms with van der Waals surface area (Å²) in [6, 6.07) is 3.03. The molecule has 0 spiro atoms. The third-order valence-corrected chi connectivity index (χ3v) is 3.14. The molecule has 0 saturated carbocycles. The first-order chi connectivity index (χ1) is 6.07. The van der Waals surface area contributed by atoms with Crippen LogP contribution in [0.2, 0.25) is 10.0 Å². The number of hydrogen-bond donors (Lipinski definition) is 0. The topological polar surface area (TPSA) is 21.4 Å². The Bertz CT molecular complexity index is 411. The highest BCUT2D eigenvalue weighted by atomic mass is 79.9. The van der Waals surface area contributed by atoms with Crippen LogP contribution < -0.4 is 0 Å². The van der Waals surface area contributed by atoms with E-state index >= 15 is 0 Å². The Hall–Kier alpha value is -0.560. The van der Waals surface area contributed by atoms with Crippen LogP contribution >= 0.6 is 39.1 Å². The second-order valence-corrected chi connectivity index (χ2v) is 3.75. The average molecular weight is 279 g/mol. The third kappa shape index (κ3) is 2.02. The fraction of sp³-hybridized carbons (Fsp3) is 0. The summed E-state index contributed by atoms with van der Waals surface area (Å²) in [4.78, 5) is 13.7. The van der Waals surface area contributed by atoms with Crippen LogP contribution in [0.5, 0.6) is 0 Å². The average Bonchev–Trinajstić information content (AvgIpc) is 2.13. The Morgan fingerprint density at radius 1 is 1.38 bits per heavy atom. The number of amides is 1. The molecule has 1 amide bonds. The first-order valence-electron chi connectivity index (χ1n) is 3.13. The number of carbonyl (C=O) groups excluding carboxylic acids is 1. The number of carbonyl (C=O) groups is 1. The highest BCUT2D eigenvalue weighted by molar-refractivity contribution is 9.10. The highest BCUT2D eigenvalue weighted by Crippen LogP contribution is 2.33. The van der Waals surface area contributed by atoms with E-state index in [1.807, 2.05) is 0 Å². The van der Waals surface area contributed by atoms with Gasteiger partial charge in [0.25, 0.3) is 0 Å². The van der Waals surface area contributed by atoms with Crippen LogP contribution in [0.15, 0.2) is 16.6 Å². The van der Waals surface area contributed by atoms with Crippen LogP contribution in [0.1, 0.15) is 10.4 Å². The molecule has 0 aliphatic heterocycles. The molecular weight excluding hydrogens is 277 g/mol. The van der Waals surface area contributed by atoms with Gasteiger partial charge in [-0.3, -0.25) is 0 Å². The van der Waals surface area contributed by atoms with Crippen molar-refractivity contribution in [3.63, 3.8) is 0 Å². The molecule has 0 heterocycles. The number of hydrogen-bond acceptors (Lipinski definition) is 1. The minimum absolute atomic E-state index is 0.108. The van der Waals surface area contributed by atoms with Gasteiger partial charge in [0.1, 0.15) is 0 Å². The summed E-state index contributed by atoms with van der Waals surface area (Å²) in [6.07, 6.45) is 0. The minimum atomic E-state index is -0.709. The van der Waals surface area contributed by atoms with E-state index in [1.165, 1.54) is 6.07 Å². The van der Waals surface area contributed by atoms with Crippen molar-refractivity contribution < 1.29 is 4.79 Å². The Morgan fingerprint density at radius 2 is 2.00 bits per heavy atom. The van der Waals surface area contributed by atoms with Crippen molar-refractivity contribution >= 4 is 45.0 Å². The van der Waals surface area contributed by atoms with Gasteiger partial charge in [-0.2, -0.15) is 4.85 Å². The largest absolute Gasteiger partial charge is 0.387 e. The maximum Gasteiger partial charge on any atom is 0.387 e. The van der Waals surface area contributed by atoms with Gasteiger partial charge in [-0.25, -0.2) is 0 Å². The van der Waals surface area contributed by atoms with Crippen LogP contribution in [0.25, 0.3) is 4.85 Å². The van der Waals surface area contributed by atoms with Gasteiger partial charge in [-0.15, -0.1) is 0 Å². The van der Waals surface area contributed by atoms with Crippen LogP contribution in [0, 0.1) is 6.57 Å². The van der Waals surface area contributed by atoms with Gasteiger partial charge in [-0.05, 0) is 22.0 Å². The first-order valence-corrected chi connectivity index (χ1v) is 4.68. The number of rotatable bonds is 1. The van der Waals surface area contributed by atoms with Crippen molar-refractivity contribution in [2.45, 2.75) is 0 Å². The van der Waals surface area contributed by atoms with Gasteiger partial charge in [-0.1, -0.05) is 29.3 Å². The van der Waals surface area contributed by atoms with Crippen LogP contribution in [-0.2, 0) is 0 Å². The van der Waals surface area contributed by atoms with E-state index in [1.54, 1.807) is 6.07 Å². The number of nitrogens with zero attached hydrogens (tertiary/aromatic N) is 1. The van der Waals surface area contributed by atoms with Crippen molar-refractivity contribution in [1.82, 2.24) is 0 Å². The predicted octanol–water partition coefficient (Wildman–Crippen LogP) is 3.82. The van der Waals surface area contributed by atoms with Crippen molar-refractivity contribution in [3.05, 3.63) is 43.6 Å². The molecule has 0 atom stereocenters. The molecule has 0 unspecified atom stereocenters. The van der Waals surface area contributed by atoms with E-state index in [2.05, 4.69) is 20.8 Å². The molecule has 0 bridgehead atoms. The minimum Gasteiger partial charge on any atom is -0.310 e. The van der Waals surface area contributed by atoms with Crippen LogP contribution in [0.3, 0.4) is 0 Å². The summed E-state index contributed by atoms with van der Waals surface area (Å²) in [5.74, 6) is -0.709. The van der Waals surface area contributed by atoms with Crippen molar-refractivity contribution in [3.8, 4) is 0 Å². The quantitative estimate of drug-likeness (QED) is 0.565. The fourth-order valence-corrected chi connectivity index (χ4v) is 1.61. The van der Waals surface area contributed by atoms with E-state index in [0.717, 1.165) is 0 Å². The van der Waals surface area contributed by atoms with Gasteiger partial charge < -0.3 is 4.79 Å². The van der Waals surface area contributed by atoms with E-state index < -0.39 is 5.91 Å². The van der Waals surface area contributed by atoms with E-state index in [9.17, 15) is 4.79 Å². The SMILES string of the molecule is [C-]#[N+]C(=O)c1ccc(Br)c(Cl)c1Cl. The second-order valence-electron chi connectivity index (χ2n) is 2.14. The third-order valence-electron chi connectivity index (χ3n) is 1.37. The zero-order valence-corrected chi connectivity index (χ0v) is 9.24. The molecule has 13 heavy (non-hydrogen) atoms. The van der Waals surface area contributed by atoms with E-state index in [-0.39, 0.29) is 15.6 Å². The highest BCUT2D eigenvalue weighted by Gasteiger charge is 2.14. The molecular formula is C8H2BrCl2NO. The molecule has 2 nitrogen and oxygen atoms in total.